The van der Waals surface area contributed by atoms with Crippen LogP contribution in [0.5, 0.6) is 0 Å². The zero-order chi connectivity index (χ0) is 22.1. The number of rotatable bonds is 8. The van der Waals surface area contributed by atoms with Gasteiger partial charge in [-0.3, -0.25) is 9.59 Å². The number of piperidine rings is 1. The Morgan fingerprint density at radius 2 is 1.47 bits per heavy atom. The molecule has 1 atom stereocenters. The zero-order valence-electron chi connectivity index (χ0n) is 18.4. The minimum Gasteiger partial charge on any atom is -0.390 e. The maximum Gasteiger partial charge on any atom is 0.196 e. The molecule has 6 nitrogen and oxygen atoms in total. The van der Waals surface area contributed by atoms with E-state index < -0.39 is 6.10 Å². The van der Waals surface area contributed by atoms with E-state index in [1.54, 1.807) is 24.3 Å². The first-order chi connectivity index (χ1) is 15.6. The molecule has 6 heteroatoms. The smallest absolute Gasteiger partial charge is 0.196 e. The van der Waals surface area contributed by atoms with Gasteiger partial charge < -0.3 is 20.6 Å². The number of ketones is 2. The van der Waals surface area contributed by atoms with Crippen molar-refractivity contribution in [2.45, 2.75) is 38.2 Å². The minimum absolute atomic E-state index is 0.119. The van der Waals surface area contributed by atoms with Crippen molar-refractivity contribution in [3.63, 3.8) is 0 Å². The van der Waals surface area contributed by atoms with Gasteiger partial charge in [-0.15, -0.1) is 0 Å². The summed E-state index contributed by atoms with van der Waals surface area (Å²) in [5.74, 6) is 0.388. The second kappa shape index (κ2) is 9.04. The summed E-state index contributed by atoms with van der Waals surface area (Å²) in [5, 5.41) is 17.3. The predicted octanol–water partition coefficient (Wildman–Crippen LogP) is 3.54. The van der Waals surface area contributed by atoms with Gasteiger partial charge in [-0.1, -0.05) is 30.7 Å². The molecule has 2 aliphatic carbocycles. The van der Waals surface area contributed by atoms with Gasteiger partial charge in [0.05, 0.1) is 17.2 Å². The summed E-state index contributed by atoms with van der Waals surface area (Å²) in [6, 6.07) is 10.8. The molecule has 2 aromatic rings. The lowest BCUT2D eigenvalue weighted by Crippen LogP contribution is -2.39. The number of benzene rings is 2. The number of likely N-dealkylation sites (tertiary alicyclic amines) is 1. The van der Waals surface area contributed by atoms with E-state index in [1.165, 1.54) is 32.1 Å². The van der Waals surface area contributed by atoms with Crippen molar-refractivity contribution in [1.82, 2.24) is 4.90 Å². The van der Waals surface area contributed by atoms with Gasteiger partial charge in [0.1, 0.15) is 0 Å². The van der Waals surface area contributed by atoms with Crippen LogP contribution in [0.1, 0.15) is 63.9 Å². The van der Waals surface area contributed by atoms with Crippen molar-refractivity contribution in [2.75, 3.05) is 43.4 Å². The van der Waals surface area contributed by atoms with Crippen molar-refractivity contribution in [1.29, 1.82) is 0 Å². The lowest BCUT2D eigenvalue weighted by molar-refractivity contribution is 0.0979. The van der Waals surface area contributed by atoms with E-state index in [9.17, 15) is 14.7 Å². The van der Waals surface area contributed by atoms with Crippen LogP contribution in [0.25, 0.3) is 0 Å². The molecule has 0 radical (unpaired) electrons. The summed E-state index contributed by atoms with van der Waals surface area (Å²) in [6.07, 6.45) is 5.49. The molecule has 0 amide bonds. The Labute approximate surface area is 189 Å². The third-order valence-corrected chi connectivity index (χ3v) is 6.80. The number of hydrogen-bond donors (Lipinski definition) is 3. The molecule has 0 aromatic heterocycles. The van der Waals surface area contributed by atoms with E-state index in [4.69, 9.17) is 0 Å². The van der Waals surface area contributed by atoms with Crippen LogP contribution < -0.4 is 10.6 Å². The van der Waals surface area contributed by atoms with Crippen LogP contribution in [0, 0.1) is 5.92 Å². The molecular formula is C26H31N3O3. The van der Waals surface area contributed by atoms with Crippen LogP contribution in [0.2, 0.25) is 0 Å². The number of anilines is 2. The summed E-state index contributed by atoms with van der Waals surface area (Å²) in [6.45, 7) is 3.82. The standard InChI is InChI=1S/C26H31N3O3/c30-18(16-29-12-4-1-5-13-29)15-28-22-11-10-21(27-14-17-8-9-17)23-24(22)26(32)20-7-3-2-6-19(20)25(23)31/h2-3,6-7,10-11,17-18,27-28,30H,1,4-5,8-9,12-16H2/t18-/m0/s1. The number of β-amino-alcohol motifs (C(OH)–C–C–N with tert-alkyl or cyclic N) is 1. The summed E-state index contributed by atoms with van der Waals surface area (Å²) < 4.78 is 0. The number of hydrogen-bond acceptors (Lipinski definition) is 6. The normalized spacial score (nSPS) is 19.3. The number of aliphatic hydroxyl groups excluding tert-OH is 1. The van der Waals surface area contributed by atoms with Crippen molar-refractivity contribution >= 4 is 22.9 Å². The zero-order valence-corrected chi connectivity index (χ0v) is 18.4. The molecule has 168 valence electrons. The van der Waals surface area contributed by atoms with Gasteiger partial charge in [-0.25, -0.2) is 0 Å². The molecule has 3 N–H and O–H groups in total. The Kier molecular flexibility index (Phi) is 5.98. The molecule has 0 unspecified atom stereocenters. The van der Waals surface area contributed by atoms with Gasteiger partial charge in [0, 0.05) is 42.1 Å². The molecule has 2 aromatic carbocycles. The fourth-order valence-electron chi connectivity index (χ4n) is 4.83. The predicted molar refractivity (Wildman–Crippen MR) is 126 cm³/mol. The highest BCUT2D eigenvalue weighted by Gasteiger charge is 2.34. The van der Waals surface area contributed by atoms with Gasteiger partial charge in [-0.2, -0.15) is 0 Å². The van der Waals surface area contributed by atoms with E-state index in [2.05, 4.69) is 15.5 Å². The van der Waals surface area contributed by atoms with Crippen LogP contribution >= 0.6 is 0 Å². The molecule has 0 bridgehead atoms. The van der Waals surface area contributed by atoms with Gasteiger partial charge in [0.15, 0.2) is 11.6 Å². The summed E-state index contributed by atoms with van der Waals surface area (Å²) in [4.78, 5) is 29.2. The molecule has 1 heterocycles. The van der Waals surface area contributed by atoms with E-state index in [-0.39, 0.29) is 11.6 Å². The van der Waals surface area contributed by atoms with Crippen molar-refractivity contribution in [3.05, 3.63) is 58.7 Å². The third-order valence-electron chi connectivity index (χ3n) is 6.80. The lowest BCUT2D eigenvalue weighted by atomic mass is 9.82. The second-order valence-electron chi connectivity index (χ2n) is 9.33. The van der Waals surface area contributed by atoms with Crippen molar-refractivity contribution in [2.24, 2.45) is 5.92 Å². The largest absolute Gasteiger partial charge is 0.390 e. The van der Waals surface area contributed by atoms with Gasteiger partial charge >= 0.3 is 0 Å². The first kappa shape index (κ1) is 21.2. The number of fused-ring (bicyclic) bond motifs is 2. The van der Waals surface area contributed by atoms with E-state index in [1.807, 2.05) is 12.1 Å². The lowest BCUT2D eigenvalue weighted by Gasteiger charge is -2.29. The van der Waals surface area contributed by atoms with Crippen LogP contribution in [0.15, 0.2) is 36.4 Å². The fraction of sp³-hybridized carbons (Fsp3) is 0.462. The Balaban J connectivity index is 1.40. The number of aliphatic hydroxyl groups is 1. The second-order valence-corrected chi connectivity index (χ2v) is 9.33. The van der Waals surface area contributed by atoms with Gasteiger partial charge in [0.2, 0.25) is 0 Å². The highest BCUT2D eigenvalue weighted by molar-refractivity contribution is 6.31. The maximum atomic E-state index is 13.4. The molecule has 1 aliphatic heterocycles. The molecule has 3 aliphatic rings. The molecule has 1 saturated carbocycles. The topological polar surface area (TPSA) is 81.7 Å². The molecule has 1 saturated heterocycles. The van der Waals surface area contributed by atoms with Crippen LogP contribution in [-0.2, 0) is 0 Å². The first-order valence-electron chi connectivity index (χ1n) is 11.9. The Morgan fingerprint density at radius 3 is 2.06 bits per heavy atom. The highest BCUT2D eigenvalue weighted by atomic mass is 16.3. The van der Waals surface area contributed by atoms with Gasteiger partial charge in [-0.05, 0) is 56.8 Å². The Bertz CT molecular complexity index is 1020. The average Bonchev–Trinajstić information content (AvgIpc) is 3.65. The summed E-state index contributed by atoms with van der Waals surface area (Å²) >= 11 is 0. The number of nitrogens with one attached hydrogen (secondary N) is 2. The summed E-state index contributed by atoms with van der Waals surface area (Å²) in [5.41, 5.74) is 3.11. The van der Waals surface area contributed by atoms with Crippen LogP contribution in [0.3, 0.4) is 0 Å². The van der Waals surface area contributed by atoms with E-state index in [0.717, 1.165) is 25.3 Å². The highest BCUT2D eigenvalue weighted by Crippen LogP contribution is 2.37. The van der Waals surface area contributed by atoms with Crippen molar-refractivity contribution < 1.29 is 14.7 Å². The number of nitrogens with zero attached hydrogens (tertiary/aromatic N) is 1. The van der Waals surface area contributed by atoms with Crippen molar-refractivity contribution in [3.8, 4) is 0 Å². The maximum absolute atomic E-state index is 13.4. The number of carbonyl (C=O) groups excluding carboxylic acids is 2. The SMILES string of the molecule is O=C1c2ccccc2C(=O)c2c(NC[C@H](O)CN3CCCCC3)ccc(NCC3CC3)c21. The molecule has 5 rings (SSSR count). The van der Waals surface area contributed by atoms with Gasteiger partial charge in [0.25, 0.3) is 0 Å². The molecule has 2 fully saturated rings. The fourth-order valence-corrected chi connectivity index (χ4v) is 4.83. The van der Waals surface area contributed by atoms with E-state index in [0.29, 0.717) is 46.9 Å². The Hall–Kier alpha value is -2.70. The van der Waals surface area contributed by atoms with Crippen LogP contribution in [0.4, 0.5) is 11.4 Å². The molecule has 32 heavy (non-hydrogen) atoms. The van der Waals surface area contributed by atoms with Crippen LogP contribution in [-0.4, -0.2) is 60.4 Å². The Morgan fingerprint density at radius 1 is 0.875 bits per heavy atom. The molecular weight excluding hydrogens is 402 g/mol. The first-order valence-corrected chi connectivity index (χ1v) is 11.9. The number of carbonyl (C=O) groups is 2. The quantitative estimate of drug-likeness (QED) is 0.504. The summed E-state index contributed by atoms with van der Waals surface area (Å²) in [7, 11) is 0. The molecule has 0 spiro atoms. The minimum atomic E-state index is -0.543. The third kappa shape index (κ3) is 4.30. The monoisotopic (exact) mass is 433 g/mol. The average molecular weight is 434 g/mol. The van der Waals surface area contributed by atoms with E-state index >= 15 is 0 Å².